The first kappa shape index (κ1) is 14.4. The summed E-state index contributed by atoms with van der Waals surface area (Å²) >= 11 is 5.07. The smallest absolute Gasteiger partial charge is 0.133 e. The third kappa shape index (κ3) is 3.51. The highest BCUT2D eigenvalue weighted by atomic mass is 32.1. The third-order valence-electron chi connectivity index (χ3n) is 2.88. The van der Waals surface area contributed by atoms with Crippen molar-refractivity contribution in [1.82, 2.24) is 9.97 Å². The minimum Gasteiger partial charge on any atom is -0.492 e. The lowest BCUT2D eigenvalue weighted by atomic mass is 10.1. The first-order chi connectivity index (χ1) is 9.58. The number of rotatable bonds is 5. The molecule has 20 heavy (non-hydrogen) atoms. The fraction of sp³-hybridized carbons (Fsp3) is 0.267. The minimum atomic E-state index is 0.308. The Kier molecular flexibility index (Phi) is 4.63. The van der Waals surface area contributed by atoms with Gasteiger partial charge >= 0.3 is 0 Å². The number of aryl methyl sites for hydroxylation is 2. The van der Waals surface area contributed by atoms with E-state index in [1.165, 1.54) is 0 Å². The SMILES string of the molecule is Cc1cc(OCCc2ccccn2)c(C(N)=S)c(C)n1. The topological polar surface area (TPSA) is 61.0 Å². The Morgan fingerprint density at radius 1 is 1.35 bits per heavy atom. The van der Waals surface area contributed by atoms with Gasteiger partial charge in [-0.15, -0.1) is 0 Å². The maximum Gasteiger partial charge on any atom is 0.133 e. The summed E-state index contributed by atoms with van der Waals surface area (Å²) in [7, 11) is 0. The van der Waals surface area contributed by atoms with E-state index in [2.05, 4.69) is 9.97 Å². The van der Waals surface area contributed by atoms with Gasteiger partial charge in [0.1, 0.15) is 10.7 Å². The van der Waals surface area contributed by atoms with Crippen LogP contribution in [0.2, 0.25) is 0 Å². The first-order valence-corrected chi connectivity index (χ1v) is 6.79. The lowest BCUT2D eigenvalue weighted by Crippen LogP contribution is -2.16. The van der Waals surface area contributed by atoms with Gasteiger partial charge in [-0.3, -0.25) is 9.97 Å². The van der Waals surface area contributed by atoms with Crippen molar-refractivity contribution < 1.29 is 4.74 Å². The van der Waals surface area contributed by atoms with Crippen LogP contribution in [-0.2, 0) is 6.42 Å². The van der Waals surface area contributed by atoms with Crippen LogP contribution >= 0.6 is 12.2 Å². The van der Waals surface area contributed by atoms with Gasteiger partial charge in [-0.05, 0) is 26.0 Å². The van der Waals surface area contributed by atoms with E-state index in [1.54, 1.807) is 6.20 Å². The van der Waals surface area contributed by atoms with Crippen molar-refractivity contribution in [1.29, 1.82) is 0 Å². The van der Waals surface area contributed by atoms with Crippen molar-refractivity contribution in [2.75, 3.05) is 6.61 Å². The molecule has 2 heterocycles. The number of hydrogen-bond acceptors (Lipinski definition) is 4. The second-order valence-electron chi connectivity index (χ2n) is 4.51. The zero-order chi connectivity index (χ0) is 14.5. The van der Waals surface area contributed by atoms with E-state index in [1.807, 2.05) is 38.1 Å². The molecule has 0 aromatic carbocycles. The molecule has 0 unspecified atom stereocenters. The van der Waals surface area contributed by atoms with E-state index in [0.29, 0.717) is 22.9 Å². The van der Waals surface area contributed by atoms with E-state index in [-0.39, 0.29) is 0 Å². The monoisotopic (exact) mass is 287 g/mol. The van der Waals surface area contributed by atoms with Gasteiger partial charge < -0.3 is 10.5 Å². The van der Waals surface area contributed by atoms with Crippen LogP contribution in [0.4, 0.5) is 0 Å². The van der Waals surface area contributed by atoms with Crippen molar-refractivity contribution in [2.24, 2.45) is 5.73 Å². The van der Waals surface area contributed by atoms with Crippen LogP contribution in [0, 0.1) is 13.8 Å². The van der Waals surface area contributed by atoms with Crippen molar-refractivity contribution in [3.8, 4) is 5.75 Å². The normalized spacial score (nSPS) is 10.3. The lowest BCUT2D eigenvalue weighted by Gasteiger charge is -2.13. The summed E-state index contributed by atoms with van der Waals surface area (Å²) in [6.45, 7) is 4.32. The molecule has 2 aromatic heterocycles. The molecule has 2 rings (SSSR count). The van der Waals surface area contributed by atoms with Gasteiger partial charge in [0.15, 0.2) is 0 Å². The van der Waals surface area contributed by atoms with E-state index < -0.39 is 0 Å². The molecule has 0 aliphatic carbocycles. The lowest BCUT2D eigenvalue weighted by molar-refractivity contribution is 0.319. The molecule has 0 aliphatic rings. The molecule has 0 saturated heterocycles. The Morgan fingerprint density at radius 3 is 2.80 bits per heavy atom. The number of nitrogens with two attached hydrogens (primary N) is 1. The van der Waals surface area contributed by atoms with Gasteiger partial charge in [0.25, 0.3) is 0 Å². The second-order valence-corrected chi connectivity index (χ2v) is 4.95. The molecule has 2 aromatic rings. The minimum absolute atomic E-state index is 0.308. The molecule has 0 saturated carbocycles. The molecule has 5 heteroatoms. The van der Waals surface area contributed by atoms with Crippen molar-refractivity contribution in [3.63, 3.8) is 0 Å². The Morgan fingerprint density at radius 2 is 2.15 bits per heavy atom. The molecule has 0 bridgehead atoms. The maximum atomic E-state index is 5.82. The van der Waals surface area contributed by atoms with Gasteiger partial charge in [0.2, 0.25) is 0 Å². The number of thiocarbonyl (C=S) groups is 1. The highest BCUT2D eigenvalue weighted by molar-refractivity contribution is 7.80. The summed E-state index contributed by atoms with van der Waals surface area (Å²) < 4.78 is 5.82. The van der Waals surface area contributed by atoms with E-state index in [0.717, 1.165) is 23.5 Å². The van der Waals surface area contributed by atoms with Crippen LogP contribution in [0.15, 0.2) is 30.5 Å². The quantitative estimate of drug-likeness (QED) is 0.855. The average molecular weight is 287 g/mol. The summed E-state index contributed by atoms with van der Waals surface area (Å²) in [5, 5.41) is 0. The number of hydrogen-bond donors (Lipinski definition) is 1. The van der Waals surface area contributed by atoms with E-state index in [9.17, 15) is 0 Å². The Bertz CT molecular complexity index is 614. The molecule has 104 valence electrons. The van der Waals surface area contributed by atoms with Crippen LogP contribution in [0.5, 0.6) is 5.75 Å². The highest BCUT2D eigenvalue weighted by Gasteiger charge is 2.12. The van der Waals surface area contributed by atoms with Gasteiger partial charge in [-0.25, -0.2) is 0 Å². The number of pyridine rings is 2. The molecule has 4 nitrogen and oxygen atoms in total. The number of ether oxygens (including phenoxy) is 1. The van der Waals surface area contributed by atoms with Crippen LogP contribution in [0.25, 0.3) is 0 Å². The zero-order valence-corrected chi connectivity index (χ0v) is 12.4. The van der Waals surface area contributed by atoms with Crippen molar-refractivity contribution >= 4 is 17.2 Å². The van der Waals surface area contributed by atoms with E-state index >= 15 is 0 Å². The van der Waals surface area contributed by atoms with Gasteiger partial charge in [0, 0.05) is 30.1 Å². The van der Waals surface area contributed by atoms with Crippen molar-refractivity contribution in [2.45, 2.75) is 20.3 Å². The number of aromatic nitrogens is 2. The average Bonchev–Trinajstić information content (AvgIpc) is 2.38. The molecular formula is C15H17N3OS. The molecule has 0 amide bonds. The summed E-state index contributed by atoms with van der Waals surface area (Å²) in [5.74, 6) is 0.693. The van der Waals surface area contributed by atoms with Gasteiger partial charge in [-0.1, -0.05) is 18.3 Å². The van der Waals surface area contributed by atoms with Crippen LogP contribution in [0.3, 0.4) is 0 Å². The molecule has 0 aliphatic heterocycles. The zero-order valence-electron chi connectivity index (χ0n) is 11.6. The first-order valence-electron chi connectivity index (χ1n) is 6.38. The predicted octanol–water partition coefficient (Wildman–Crippen LogP) is 2.35. The molecule has 0 spiro atoms. The highest BCUT2D eigenvalue weighted by Crippen LogP contribution is 2.22. The number of nitrogens with zero attached hydrogens (tertiary/aromatic N) is 2. The fourth-order valence-electron chi connectivity index (χ4n) is 2.02. The maximum absolute atomic E-state index is 5.82. The van der Waals surface area contributed by atoms with E-state index in [4.69, 9.17) is 22.7 Å². The molecular weight excluding hydrogens is 270 g/mol. The Balaban J connectivity index is 2.11. The molecule has 0 radical (unpaired) electrons. The molecule has 0 atom stereocenters. The van der Waals surface area contributed by atoms with Crippen molar-refractivity contribution in [3.05, 3.63) is 53.1 Å². The largest absolute Gasteiger partial charge is 0.492 e. The Labute approximate surface area is 124 Å². The summed E-state index contributed by atoms with van der Waals surface area (Å²) in [6, 6.07) is 7.69. The Hall–Kier alpha value is -2.01. The molecule has 0 fully saturated rings. The van der Waals surface area contributed by atoms with Crippen LogP contribution < -0.4 is 10.5 Å². The summed E-state index contributed by atoms with van der Waals surface area (Å²) in [5.41, 5.74) is 9.14. The van der Waals surface area contributed by atoms with Crippen LogP contribution in [-0.4, -0.2) is 21.6 Å². The summed E-state index contributed by atoms with van der Waals surface area (Å²) in [6.07, 6.45) is 2.51. The predicted molar refractivity (Wildman–Crippen MR) is 83.0 cm³/mol. The summed E-state index contributed by atoms with van der Waals surface area (Å²) in [4.78, 5) is 8.93. The standard InChI is InChI=1S/C15H17N3OS/c1-10-9-13(14(15(16)20)11(2)18-10)19-8-6-12-5-3-4-7-17-12/h3-5,7,9H,6,8H2,1-2H3,(H2,16,20). The van der Waals surface area contributed by atoms with Crippen LogP contribution in [0.1, 0.15) is 22.6 Å². The van der Waals surface area contributed by atoms with Gasteiger partial charge in [-0.2, -0.15) is 0 Å². The van der Waals surface area contributed by atoms with Gasteiger partial charge in [0.05, 0.1) is 17.9 Å². The third-order valence-corrected chi connectivity index (χ3v) is 3.08. The molecule has 2 N–H and O–H groups in total. The fourth-order valence-corrected chi connectivity index (χ4v) is 2.27. The second kappa shape index (κ2) is 6.43.